The highest BCUT2D eigenvalue weighted by molar-refractivity contribution is 5.85. The number of nitrogens with zero attached hydrogens (tertiary/aromatic N) is 3. The summed E-state index contributed by atoms with van der Waals surface area (Å²) in [5, 5.41) is 4.05. The van der Waals surface area contributed by atoms with Gasteiger partial charge in [-0.05, 0) is 25.0 Å². The SMILES string of the molecule is CCC(CC)c1nc(Cc2nc3ccccc3[nH]2)no1.Cl. The van der Waals surface area contributed by atoms with E-state index in [1.54, 1.807) is 0 Å². The first-order valence-corrected chi connectivity index (χ1v) is 7.06. The monoisotopic (exact) mass is 306 g/mol. The van der Waals surface area contributed by atoms with E-state index in [1.807, 2.05) is 24.3 Å². The number of halogens is 1. The van der Waals surface area contributed by atoms with Gasteiger partial charge < -0.3 is 9.51 Å². The fourth-order valence-electron chi connectivity index (χ4n) is 2.38. The molecule has 0 spiro atoms. The lowest BCUT2D eigenvalue weighted by atomic mass is 10.0. The van der Waals surface area contributed by atoms with E-state index in [-0.39, 0.29) is 12.4 Å². The van der Waals surface area contributed by atoms with Crippen LogP contribution in [-0.2, 0) is 6.42 Å². The van der Waals surface area contributed by atoms with Gasteiger partial charge in [-0.3, -0.25) is 0 Å². The minimum atomic E-state index is 0. The van der Waals surface area contributed by atoms with Crippen LogP contribution in [0.15, 0.2) is 28.8 Å². The number of para-hydroxylation sites is 2. The van der Waals surface area contributed by atoms with Crippen molar-refractivity contribution in [1.82, 2.24) is 20.1 Å². The zero-order valence-electron chi connectivity index (χ0n) is 12.2. The van der Waals surface area contributed by atoms with Gasteiger partial charge in [-0.25, -0.2) is 4.98 Å². The molecule has 0 fully saturated rings. The first-order chi connectivity index (χ1) is 9.80. The highest BCUT2D eigenvalue weighted by atomic mass is 35.5. The topological polar surface area (TPSA) is 67.6 Å². The van der Waals surface area contributed by atoms with Crippen molar-refractivity contribution < 1.29 is 4.52 Å². The molecule has 0 aliphatic rings. The Morgan fingerprint density at radius 1 is 1.14 bits per heavy atom. The number of hydrogen-bond donors (Lipinski definition) is 1. The van der Waals surface area contributed by atoms with Crippen molar-refractivity contribution in [2.45, 2.75) is 39.0 Å². The number of aromatic amines is 1. The molecule has 6 heteroatoms. The van der Waals surface area contributed by atoms with E-state index >= 15 is 0 Å². The lowest BCUT2D eigenvalue weighted by molar-refractivity contribution is 0.343. The molecule has 3 aromatic rings. The summed E-state index contributed by atoms with van der Waals surface area (Å²) in [6.07, 6.45) is 2.60. The molecule has 0 radical (unpaired) electrons. The van der Waals surface area contributed by atoms with Gasteiger partial charge in [0, 0.05) is 5.92 Å². The number of fused-ring (bicyclic) bond motifs is 1. The maximum absolute atomic E-state index is 5.35. The minimum Gasteiger partial charge on any atom is -0.342 e. The highest BCUT2D eigenvalue weighted by Gasteiger charge is 2.16. The van der Waals surface area contributed by atoms with Gasteiger partial charge in [0.15, 0.2) is 5.82 Å². The van der Waals surface area contributed by atoms with Gasteiger partial charge in [0.1, 0.15) is 5.82 Å². The molecule has 0 aliphatic carbocycles. The van der Waals surface area contributed by atoms with Gasteiger partial charge >= 0.3 is 0 Å². The summed E-state index contributed by atoms with van der Waals surface area (Å²) in [6.45, 7) is 4.27. The summed E-state index contributed by atoms with van der Waals surface area (Å²) in [7, 11) is 0. The molecule has 0 atom stereocenters. The fourth-order valence-corrected chi connectivity index (χ4v) is 2.38. The number of imidazole rings is 1. The summed E-state index contributed by atoms with van der Waals surface area (Å²) in [5.74, 6) is 2.64. The second kappa shape index (κ2) is 6.72. The summed E-state index contributed by atoms with van der Waals surface area (Å²) >= 11 is 0. The number of hydrogen-bond acceptors (Lipinski definition) is 4. The third-order valence-electron chi connectivity index (χ3n) is 3.58. The molecule has 21 heavy (non-hydrogen) atoms. The molecule has 0 bridgehead atoms. The first-order valence-electron chi connectivity index (χ1n) is 7.06. The van der Waals surface area contributed by atoms with Crippen molar-refractivity contribution in [3.63, 3.8) is 0 Å². The van der Waals surface area contributed by atoms with E-state index in [9.17, 15) is 0 Å². The quantitative estimate of drug-likeness (QED) is 0.777. The molecule has 0 saturated carbocycles. The van der Waals surface area contributed by atoms with Crippen molar-refractivity contribution in [2.24, 2.45) is 0 Å². The number of aromatic nitrogens is 4. The van der Waals surface area contributed by atoms with E-state index in [2.05, 4.69) is 34.0 Å². The molecule has 5 nitrogen and oxygen atoms in total. The predicted molar refractivity (Wildman–Crippen MR) is 83.8 cm³/mol. The molecular formula is C15H19ClN4O. The molecule has 0 unspecified atom stereocenters. The highest BCUT2D eigenvalue weighted by Crippen LogP contribution is 2.21. The third kappa shape index (κ3) is 3.24. The maximum atomic E-state index is 5.35. The minimum absolute atomic E-state index is 0. The smallest absolute Gasteiger partial charge is 0.229 e. The van der Waals surface area contributed by atoms with Crippen LogP contribution in [0.4, 0.5) is 0 Å². The Labute approximate surface area is 129 Å². The van der Waals surface area contributed by atoms with Gasteiger partial charge in [-0.2, -0.15) is 4.98 Å². The van der Waals surface area contributed by atoms with Gasteiger partial charge in [-0.1, -0.05) is 31.1 Å². The normalized spacial score (nSPS) is 11.0. The van der Waals surface area contributed by atoms with E-state index in [4.69, 9.17) is 4.52 Å². The maximum Gasteiger partial charge on any atom is 0.229 e. The largest absolute Gasteiger partial charge is 0.342 e. The lowest BCUT2D eigenvalue weighted by Crippen LogP contribution is -1.97. The molecule has 1 aromatic carbocycles. The van der Waals surface area contributed by atoms with Crippen molar-refractivity contribution >= 4 is 23.4 Å². The van der Waals surface area contributed by atoms with Gasteiger partial charge in [0.05, 0.1) is 17.5 Å². The van der Waals surface area contributed by atoms with Crippen LogP contribution in [0.2, 0.25) is 0 Å². The Bertz CT molecular complexity index is 669. The van der Waals surface area contributed by atoms with Crippen molar-refractivity contribution in [1.29, 1.82) is 0 Å². The summed E-state index contributed by atoms with van der Waals surface area (Å²) < 4.78 is 5.35. The summed E-state index contributed by atoms with van der Waals surface area (Å²) in [4.78, 5) is 12.3. The summed E-state index contributed by atoms with van der Waals surface area (Å²) in [5.41, 5.74) is 2.00. The van der Waals surface area contributed by atoms with Crippen LogP contribution in [0.3, 0.4) is 0 Å². The number of H-pyrrole nitrogens is 1. The Morgan fingerprint density at radius 3 is 2.62 bits per heavy atom. The van der Waals surface area contributed by atoms with Crippen LogP contribution in [-0.4, -0.2) is 20.1 Å². The zero-order valence-corrected chi connectivity index (χ0v) is 13.0. The molecule has 3 rings (SSSR count). The number of benzene rings is 1. The van der Waals surface area contributed by atoms with E-state index in [0.717, 1.165) is 35.6 Å². The van der Waals surface area contributed by atoms with E-state index in [1.165, 1.54) is 0 Å². The van der Waals surface area contributed by atoms with Crippen LogP contribution in [0.5, 0.6) is 0 Å². The number of nitrogens with one attached hydrogen (secondary N) is 1. The van der Waals surface area contributed by atoms with E-state index < -0.39 is 0 Å². The standard InChI is InChI=1S/C15H18N4O.ClH/c1-3-10(4-2)15-18-14(19-20-15)9-13-16-11-7-5-6-8-12(11)17-13;/h5-8,10H,3-4,9H2,1-2H3,(H,16,17);1H. The van der Waals surface area contributed by atoms with Gasteiger partial charge in [0.25, 0.3) is 0 Å². The molecule has 112 valence electrons. The Balaban J connectivity index is 0.00000161. The van der Waals surface area contributed by atoms with Crippen LogP contribution in [0.25, 0.3) is 11.0 Å². The van der Waals surface area contributed by atoms with Crippen LogP contribution < -0.4 is 0 Å². The Kier molecular flexibility index (Phi) is 4.96. The average Bonchev–Trinajstić information content (AvgIpc) is 3.07. The van der Waals surface area contributed by atoms with Crippen LogP contribution in [0, 0.1) is 0 Å². The van der Waals surface area contributed by atoms with Gasteiger partial charge in [-0.15, -0.1) is 12.4 Å². The predicted octanol–water partition coefficient (Wildman–Crippen LogP) is 3.86. The molecule has 0 saturated heterocycles. The molecule has 2 heterocycles. The molecule has 0 aliphatic heterocycles. The van der Waals surface area contributed by atoms with Crippen molar-refractivity contribution in [3.05, 3.63) is 41.8 Å². The van der Waals surface area contributed by atoms with Gasteiger partial charge in [0.2, 0.25) is 5.89 Å². The second-order valence-corrected chi connectivity index (χ2v) is 4.94. The van der Waals surface area contributed by atoms with Crippen LogP contribution in [0.1, 0.15) is 50.1 Å². The third-order valence-corrected chi connectivity index (χ3v) is 3.58. The van der Waals surface area contributed by atoms with Crippen molar-refractivity contribution in [2.75, 3.05) is 0 Å². The Hall–Kier alpha value is -1.88. The molecule has 0 amide bonds. The second-order valence-electron chi connectivity index (χ2n) is 4.94. The van der Waals surface area contributed by atoms with Crippen molar-refractivity contribution in [3.8, 4) is 0 Å². The molecule has 2 aromatic heterocycles. The fraction of sp³-hybridized carbons (Fsp3) is 0.400. The first kappa shape index (κ1) is 15.5. The molecular weight excluding hydrogens is 288 g/mol. The lowest BCUT2D eigenvalue weighted by Gasteiger charge is -2.04. The average molecular weight is 307 g/mol. The Morgan fingerprint density at radius 2 is 1.90 bits per heavy atom. The van der Waals surface area contributed by atoms with Crippen LogP contribution >= 0.6 is 12.4 Å². The number of rotatable bonds is 5. The zero-order chi connectivity index (χ0) is 13.9. The van der Waals surface area contributed by atoms with E-state index in [0.29, 0.717) is 18.2 Å². The summed E-state index contributed by atoms with van der Waals surface area (Å²) in [6, 6.07) is 7.97. The molecule has 1 N–H and O–H groups in total.